The van der Waals surface area contributed by atoms with Crippen LogP contribution in [0.5, 0.6) is 5.75 Å². The zero-order valence-electron chi connectivity index (χ0n) is 11.2. The van der Waals surface area contributed by atoms with Crippen molar-refractivity contribution in [3.8, 4) is 5.75 Å². The average Bonchev–Trinajstić information content (AvgIpc) is 2.37. The maximum atomic E-state index is 13.3. The smallest absolute Gasteiger partial charge is 0.127 e. The molecular formula is C15H21FN2O. The Bertz CT molecular complexity index is 432. The lowest BCUT2D eigenvalue weighted by atomic mass is 9.99. The van der Waals surface area contributed by atoms with Crippen molar-refractivity contribution < 1.29 is 9.50 Å². The van der Waals surface area contributed by atoms with Gasteiger partial charge >= 0.3 is 0 Å². The third-order valence-electron chi connectivity index (χ3n) is 4.27. The molecule has 2 saturated heterocycles. The summed E-state index contributed by atoms with van der Waals surface area (Å²) in [5, 5.41) is 9.44. The molecule has 3 rings (SSSR count). The van der Waals surface area contributed by atoms with Crippen molar-refractivity contribution in [1.82, 2.24) is 9.80 Å². The van der Waals surface area contributed by atoms with Crippen LogP contribution in [0.3, 0.4) is 0 Å². The van der Waals surface area contributed by atoms with Gasteiger partial charge in [0.05, 0.1) is 0 Å². The topological polar surface area (TPSA) is 26.7 Å². The summed E-state index contributed by atoms with van der Waals surface area (Å²) in [6, 6.07) is 5.01. The number of benzene rings is 1. The Labute approximate surface area is 113 Å². The Morgan fingerprint density at radius 2 is 2.05 bits per heavy atom. The minimum absolute atomic E-state index is 0.0197. The molecule has 0 saturated carbocycles. The molecule has 1 atom stereocenters. The molecule has 1 unspecified atom stereocenters. The fourth-order valence-electron chi connectivity index (χ4n) is 3.35. The van der Waals surface area contributed by atoms with Crippen molar-refractivity contribution in [2.75, 3.05) is 26.2 Å². The first-order chi connectivity index (χ1) is 9.20. The van der Waals surface area contributed by atoms with Crippen LogP contribution in [-0.2, 0) is 6.54 Å². The summed E-state index contributed by atoms with van der Waals surface area (Å²) < 4.78 is 13.3. The SMILES string of the molecule is Oc1cc(F)cc(CN2CCN3CCCCC3C2)c1. The van der Waals surface area contributed by atoms with Crippen molar-refractivity contribution in [3.63, 3.8) is 0 Å². The lowest BCUT2D eigenvalue weighted by Crippen LogP contribution is -2.54. The summed E-state index contributed by atoms with van der Waals surface area (Å²) in [5.41, 5.74) is 0.863. The first-order valence-corrected chi connectivity index (χ1v) is 7.15. The average molecular weight is 264 g/mol. The molecule has 2 aliphatic heterocycles. The van der Waals surface area contributed by atoms with Crippen LogP contribution in [0.25, 0.3) is 0 Å². The summed E-state index contributed by atoms with van der Waals surface area (Å²) in [7, 11) is 0. The number of phenolic OH excluding ortho intramolecular Hbond substituents is 1. The first-order valence-electron chi connectivity index (χ1n) is 7.15. The number of halogens is 1. The molecule has 0 spiro atoms. The first kappa shape index (κ1) is 12.9. The Balaban J connectivity index is 1.64. The minimum Gasteiger partial charge on any atom is -0.508 e. The molecule has 2 heterocycles. The summed E-state index contributed by atoms with van der Waals surface area (Å²) >= 11 is 0. The second-order valence-corrected chi connectivity index (χ2v) is 5.74. The standard InChI is InChI=1S/C15H21FN2O/c16-13-7-12(8-15(19)9-13)10-17-5-6-18-4-2-1-3-14(18)11-17/h7-9,14,19H,1-6,10-11H2. The van der Waals surface area contributed by atoms with E-state index in [-0.39, 0.29) is 11.6 Å². The summed E-state index contributed by atoms with van der Waals surface area (Å²) in [5.74, 6) is -0.336. The van der Waals surface area contributed by atoms with E-state index in [0.717, 1.165) is 37.8 Å². The maximum absolute atomic E-state index is 13.3. The monoisotopic (exact) mass is 264 g/mol. The molecule has 0 amide bonds. The van der Waals surface area contributed by atoms with Gasteiger partial charge in [-0.05, 0) is 37.1 Å². The van der Waals surface area contributed by atoms with Gasteiger partial charge in [-0.3, -0.25) is 9.80 Å². The van der Waals surface area contributed by atoms with E-state index in [1.54, 1.807) is 6.07 Å². The van der Waals surface area contributed by atoms with Gasteiger partial charge in [0.1, 0.15) is 11.6 Å². The van der Waals surface area contributed by atoms with Crippen LogP contribution in [0, 0.1) is 5.82 Å². The van der Waals surface area contributed by atoms with Crippen molar-refractivity contribution in [3.05, 3.63) is 29.6 Å². The number of fused-ring (bicyclic) bond motifs is 1. The quantitative estimate of drug-likeness (QED) is 0.887. The number of phenols is 1. The van der Waals surface area contributed by atoms with Gasteiger partial charge in [-0.2, -0.15) is 0 Å². The Morgan fingerprint density at radius 1 is 1.16 bits per heavy atom. The summed E-state index contributed by atoms with van der Waals surface area (Å²) in [6.07, 6.45) is 3.94. The third kappa shape index (κ3) is 3.07. The Hall–Kier alpha value is -1.13. The molecule has 0 radical (unpaired) electrons. The van der Waals surface area contributed by atoms with Gasteiger partial charge in [-0.1, -0.05) is 6.42 Å². The molecule has 19 heavy (non-hydrogen) atoms. The molecule has 2 fully saturated rings. The molecule has 0 aromatic heterocycles. The normalized spacial score (nSPS) is 25.2. The zero-order valence-corrected chi connectivity index (χ0v) is 11.2. The number of hydrogen-bond acceptors (Lipinski definition) is 3. The lowest BCUT2D eigenvalue weighted by molar-refractivity contribution is 0.0456. The highest BCUT2D eigenvalue weighted by Gasteiger charge is 2.28. The van der Waals surface area contributed by atoms with Gasteiger partial charge in [0.15, 0.2) is 0 Å². The Morgan fingerprint density at radius 3 is 2.89 bits per heavy atom. The van der Waals surface area contributed by atoms with E-state index in [2.05, 4.69) is 9.80 Å². The van der Waals surface area contributed by atoms with Gasteiger partial charge in [-0.15, -0.1) is 0 Å². The van der Waals surface area contributed by atoms with Crippen LogP contribution in [0.2, 0.25) is 0 Å². The van der Waals surface area contributed by atoms with Gasteiger partial charge in [0, 0.05) is 38.3 Å². The van der Waals surface area contributed by atoms with Crippen LogP contribution in [0.4, 0.5) is 4.39 Å². The van der Waals surface area contributed by atoms with Crippen LogP contribution >= 0.6 is 0 Å². The van der Waals surface area contributed by atoms with Crippen LogP contribution in [0.15, 0.2) is 18.2 Å². The van der Waals surface area contributed by atoms with Crippen LogP contribution in [0.1, 0.15) is 24.8 Å². The van der Waals surface area contributed by atoms with Gasteiger partial charge in [-0.25, -0.2) is 4.39 Å². The number of rotatable bonds is 2. The number of aromatic hydroxyl groups is 1. The number of piperazine rings is 1. The second-order valence-electron chi connectivity index (χ2n) is 5.74. The molecule has 4 heteroatoms. The Kier molecular flexibility index (Phi) is 3.71. The molecule has 1 aromatic carbocycles. The van der Waals surface area contributed by atoms with E-state index in [1.165, 1.54) is 31.9 Å². The fourth-order valence-corrected chi connectivity index (χ4v) is 3.35. The molecule has 3 nitrogen and oxygen atoms in total. The van der Waals surface area contributed by atoms with Crippen molar-refractivity contribution in [2.24, 2.45) is 0 Å². The molecule has 0 aliphatic carbocycles. The van der Waals surface area contributed by atoms with Gasteiger partial charge < -0.3 is 5.11 Å². The van der Waals surface area contributed by atoms with Crippen molar-refractivity contribution in [2.45, 2.75) is 31.8 Å². The van der Waals surface area contributed by atoms with Gasteiger partial charge in [0.2, 0.25) is 0 Å². The zero-order chi connectivity index (χ0) is 13.2. The molecule has 104 valence electrons. The van der Waals surface area contributed by atoms with E-state index in [9.17, 15) is 9.50 Å². The van der Waals surface area contributed by atoms with E-state index in [1.807, 2.05) is 0 Å². The van der Waals surface area contributed by atoms with Crippen molar-refractivity contribution >= 4 is 0 Å². The molecule has 0 bridgehead atoms. The molecular weight excluding hydrogens is 243 g/mol. The largest absolute Gasteiger partial charge is 0.508 e. The molecule has 1 N–H and O–H groups in total. The summed E-state index contributed by atoms with van der Waals surface area (Å²) in [4.78, 5) is 4.96. The third-order valence-corrected chi connectivity index (χ3v) is 4.27. The molecule has 2 aliphatic rings. The highest BCUT2D eigenvalue weighted by Crippen LogP contribution is 2.23. The number of piperidine rings is 1. The van der Waals surface area contributed by atoms with E-state index in [4.69, 9.17) is 0 Å². The number of nitrogens with zero attached hydrogens (tertiary/aromatic N) is 2. The van der Waals surface area contributed by atoms with Crippen LogP contribution in [-0.4, -0.2) is 47.1 Å². The molecule has 1 aromatic rings. The van der Waals surface area contributed by atoms with E-state index >= 15 is 0 Å². The second kappa shape index (κ2) is 5.47. The maximum Gasteiger partial charge on any atom is 0.127 e. The minimum atomic E-state index is -0.355. The number of hydrogen-bond donors (Lipinski definition) is 1. The predicted molar refractivity (Wildman–Crippen MR) is 72.6 cm³/mol. The highest BCUT2D eigenvalue weighted by molar-refractivity contribution is 5.28. The predicted octanol–water partition coefficient (Wildman–Crippen LogP) is 2.20. The fraction of sp³-hybridized carbons (Fsp3) is 0.600. The van der Waals surface area contributed by atoms with E-state index < -0.39 is 0 Å². The lowest BCUT2D eigenvalue weighted by Gasteiger charge is -2.44. The van der Waals surface area contributed by atoms with Crippen LogP contribution < -0.4 is 0 Å². The van der Waals surface area contributed by atoms with Gasteiger partial charge in [0.25, 0.3) is 0 Å². The highest BCUT2D eigenvalue weighted by atomic mass is 19.1. The van der Waals surface area contributed by atoms with Crippen molar-refractivity contribution in [1.29, 1.82) is 0 Å². The summed E-state index contributed by atoms with van der Waals surface area (Å²) in [6.45, 7) is 5.19. The van der Waals surface area contributed by atoms with E-state index in [0.29, 0.717) is 6.04 Å².